The second-order valence-electron chi connectivity index (χ2n) is 4.63. The first kappa shape index (κ1) is 13.3. The molecule has 0 fully saturated rings. The van der Waals surface area contributed by atoms with E-state index in [0.29, 0.717) is 0 Å². The molecule has 0 bridgehead atoms. The van der Waals surface area contributed by atoms with Gasteiger partial charge in [0, 0.05) is 4.88 Å². The average molecular weight is 259 g/mol. The smallest absolute Gasteiger partial charge is 0.0648 e. The summed E-state index contributed by atoms with van der Waals surface area (Å²) >= 11 is 1.77. The summed E-state index contributed by atoms with van der Waals surface area (Å²) in [5, 5.41) is 2.14. The summed E-state index contributed by atoms with van der Waals surface area (Å²) in [5.41, 5.74) is 10.4. The molecule has 2 aromatic rings. The molecule has 2 rings (SSSR count). The summed E-state index contributed by atoms with van der Waals surface area (Å²) in [6, 6.07) is 11.0. The summed E-state index contributed by atoms with van der Waals surface area (Å²) in [6.07, 6.45) is 3.39. The molecule has 0 amide bonds. The van der Waals surface area contributed by atoms with Crippen molar-refractivity contribution < 1.29 is 0 Å². The lowest BCUT2D eigenvalue weighted by molar-refractivity contribution is 0.868. The predicted octanol–water partition coefficient (Wildman–Crippen LogP) is 4.31. The fourth-order valence-electron chi connectivity index (χ4n) is 2.24. The molecule has 0 radical (unpaired) electrons. The number of hydrogen-bond donors (Lipinski definition) is 1. The van der Waals surface area contributed by atoms with Crippen LogP contribution < -0.4 is 5.73 Å². The summed E-state index contributed by atoms with van der Waals surface area (Å²) in [7, 11) is 0. The van der Waals surface area contributed by atoms with E-state index < -0.39 is 0 Å². The highest BCUT2D eigenvalue weighted by Crippen LogP contribution is 2.28. The Morgan fingerprint density at radius 3 is 2.44 bits per heavy atom. The van der Waals surface area contributed by atoms with Crippen LogP contribution >= 0.6 is 11.3 Å². The van der Waals surface area contributed by atoms with Crippen LogP contribution in [0.5, 0.6) is 0 Å². The molecule has 0 saturated carbocycles. The van der Waals surface area contributed by atoms with Crippen LogP contribution in [0.1, 0.15) is 47.9 Å². The molecule has 0 saturated heterocycles. The molecule has 1 heterocycles. The molecule has 1 nitrogen and oxygen atoms in total. The van der Waals surface area contributed by atoms with Gasteiger partial charge in [-0.05, 0) is 41.0 Å². The third kappa shape index (κ3) is 2.82. The lowest BCUT2D eigenvalue weighted by atomic mass is 10.00. The van der Waals surface area contributed by atoms with Crippen LogP contribution in [-0.4, -0.2) is 0 Å². The zero-order valence-electron chi connectivity index (χ0n) is 11.1. The summed E-state index contributed by atoms with van der Waals surface area (Å²) in [4.78, 5) is 1.31. The molecule has 1 aromatic carbocycles. The van der Waals surface area contributed by atoms with Gasteiger partial charge in [-0.15, -0.1) is 11.3 Å². The van der Waals surface area contributed by atoms with Crippen molar-refractivity contribution in [2.45, 2.75) is 39.2 Å². The van der Waals surface area contributed by atoms with Crippen LogP contribution in [0.4, 0.5) is 0 Å². The van der Waals surface area contributed by atoms with Crippen LogP contribution in [0.2, 0.25) is 0 Å². The molecule has 0 aliphatic rings. The van der Waals surface area contributed by atoms with Crippen molar-refractivity contribution in [2.24, 2.45) is 5.73 Å². The summed E-state index contributed by atoms with van der Waals surface area (Å²) in [5.74, 6) is 0. The van der Waals surface area contributed by atoms with Crippen molar-refractivity contribution >= 4 is 11.3 Å². The van der Waals surface area contributed by atoms with Gasteiger partial charge in [0.05, 0.1) is 6.04 Å². The van der Waals surface area contributed by atoms with Crippen molar-refractivity contribution in [3.63, 3.8) is 0 Å². The topological polar surface area (TPSA) is 26.0 Å². The van der Waals surface area contributed by atoms with Crippen LogP contribution in [-0.2, 0) is 12.8 Å². The minimum absolute atomic E-state index is 0.0237. The maximum absolute atomic E-state index is 6.37. The number of benzene rings is 1. The Morgan fingerprint density at radius 1 is 1.11 bits per heavy atom. The van der Waals surface area contributed by atoms with Crippen molar-refractivity contribution in [3.05, 3.63) is 57.3 Å². The number of nitrogens with two attached hydrogens (primary N) is 1. The molecule has 96 valence electrons. The van der Waals surface area contributed by atoms with Gasteiger partial charge in [-0.3, -0.25) is 0 Å². The Bertz CT molecular complexity index is 484. The predicted molar refractivity (Wildman–Crippen MR) is 80.2 cm³/mol. The first-order chi connectivity index (χ1) is 8.76. The molecular formula is C16H21NS. The van der Waals surface area contributed by atoms with Gasteiger partial charge in [0.25, 0.3) is 0 Å². The Balaban J connectivity index is 2.20. The quantitative estimate of drug-likeness (QED) is 0.850. The van der Waals surface area contributed by atoms with Crippen LogP contribution in [0.15, 0.2) is 35.7 Å². The number of hydrogen-bond acceptors (Lipinski definition) is 2. The number of rotatable bonds is 5. The van der Waals surface area contributed by atoms with Crippen molar-refractivity contribution in [1.29, 1.82) is 0 Å². The Morgan fingerprint density at radius 2 is 1.83 bits per heavy atom. The summed E-state index contributed by atoms with van der Waals surface area (Å²) < 4.78 is 0. The molecule has 0 aliphatic carbocycles. The second-order valence-corrected chi connectivity index (χ2v) is 5.58. The van der Waals surface area contributed by atoms with E-state index in [1.54, 1.807) is 11.3 Å². The van der Waals surface area contributed by atoms with Crippen molar-refractivity contribution in [3.8, 4) is 0 Å². The van der Waals surface area contributed by atoms with E-state index in [9.17, 15) is 0 Å². The van der Waals surface area contributed by atoms with Gasteiger partial charge in [-0.25, -0.2) is 0 Å². The lowest BCUT2D eigenvalue weighted by Crippen LogP contribution is -2.11. The van der Waals surface area contributed by atoms with E-state index in [0.717, 1.165) is 12.8 Å². The van der Waals surface area contributed by atoms with Crippen molar-refractivity contribution in [2.75, 3.05) is 0 Å². The maximum atomic E-state index is 6.37. The van der Waals surface area contributed by atoms with E-state index in [1.165, 1.54) is 28.0 Å². The number of aryl methyl sites for hydroxylation is 2. The molecule has 1 aromatic heterocycles. The molecule has 0 aliphatic heterocycles. The minimum Gasteiger partial charge on any atom is -0.320 e. The SMILES string of the molecule is CCCc1ccc(C(N)c2sccc2CC)cc1. The highest BCUT2D eigenvalue weighted by atomic mass is 32.1. The van der Waals surface area contributed by atoms with Gasteiger partial charge in [0.2, 0.25) is 0 Å². The average Bonchev–Trinajstić information content (AvgIpc) is 2.87. The van der Waals surface area contributed by atoms with Gasteiger partial charge in [-0.2, -0.15) is 0 Å². The maximum Gasteiger partial charge on any atom is 0.0648 e. The van der Waals surface area contributed by atoms with E-state index in [2.05, 4.69) is 49.6 Å². The van der Waals surface area contributed by atoms with Gasteiger partial charge >= 0.3 is 0 Å². The Kier molecular flexibility index (Phi) is 4.56. The monoisotopic (exact) mass is 259 g/mol. The van der Waals surface area contributed by atoms with Crippen LogP contribution in [0.3, 0.4) is 0 Å². The van der Waals surface area contributed by atoms with E-state index >= 15 is 0 Å². The first-order valence-electron chi connectivity index (χ1n) is 6.67. The molecule has 1 atom stereocenters. The minimum atomic E-state index is 0.0237. The molecule has 2 N–H and O–H groups in total. The fourth-order valence-corrected chi connectivity index (χ4v) is 3.27. The standard InChI is InChI=1S/C16H21NS/c1-3-5-12-6-8-14(9-7-12)15(17)16-13(4-2)10-11-18-16/h6-11,15H,3-5,17H2,1-2H3. The normalized spacial score (nSPS) is 12.6. The number of thiophene rings is 1. The highest BCUT2D eigenvalue weighted by molar-refractivity contribution is 7.10. The largest absolute Gasteiger partial charge is 0.320 e. The lowest BCUT2D eigenvalue weighted by Gasteiger charge is -2.13. The van der Waals surface area contributed by atoms with Gasteiger partial charge in [0.1, 0.15) is 0 Å². The van der Waals surface area contributed by atoms with E-state index in [4.69, 9.17) is 5.73 Å². The zero-order chi connectivity index (χ0) is 13.0. The van der Waals surface area contributed by atoms with E-state index in [-0.39, 0.29) is 6.04 Å². The third-order valence-corrected chi connectivity index (χ3v) is 4.36. The van der Waals surface area contributed by atoms with E-state index in [1.807, 2.05) is 0 Å². The molecule has 1 unspecified atom stereocenters. The van der Waals surface area contributed by atoms with Crippen LogP contribution in [0, 0.1) is 0 Å². The van der Waals surface area contributed by atoms with Crippen LogP contribution in [0.25, 0.3) is 0 Å². The zero-order valence-corrected chi connectivity index (χ0v) is 12.0. The Hall–Kier alpha value is -1.12. The van der Waals surface area contributed by atoms with Gasteiger partial charge < -0.3 is 5.73 Å². The Labute approximate surface area is 114 Å². The van der Waals surface area contributed by atoms with Crippen molar-refractivity contribution in [1.82, 2.24) is 0 Å². The summed E-state index contributed by atoms with van der Waals surface area (Å²) in [6.45, 7) is 4.39. The molecular weight excluding hydrogens is 238 g/mol. The third-order valence-electron chi connectivity index (χ3n) is 3.32. The second kappa shape index (κ2) is 6.17. The fraction of sp³-hybridized carbons (Fsp3) is 0.375. The highest BCUT2D eigenvalue weighted by Gasteiger charge is 2.13. The first-order valence-corrected chi connectivity index (χ1v) is 7.54. The van der Waals surface area contributed by atoms with Gasteiger partial charge in [-0.1, -0.05) is 44.5 Å². The molecule has 18 heavy (non-hydrogen) atoms. The van der Waals surface area contributed by atoms with Gasteiger partial charge in [0.15, 0.2) is 0 Å². The molecule has 0 spiro atoms. The molecule has 2 heteroatoms.